The van der Waals surface area contributed by atoms with E-state index >= 15 is 0 Å². The average molecular weight is 239 g/mol. The lowest BCUT2D eigenvalue weighted by atomic mass is 10.1. The maximum Gasteiger partial charge on any atom is 0.407 e. The summed E-state index contributed by atoms with van der Waals surface area (Å²) in [7, 11) is 0. The third kappa shape index (κ3) is 3.24. The Hall–Kier alpha value is -1.01. The Labute approximate surface area is 93.8 Å². The van der Waals surface area contributed by atoms with Gasteiger partial charge >= 0.3 is 12.1 Å². The van der Waals surface area contributed by atoms with Crippen LogP contribution >= 0.6 is 12.4 Å². The largest absolute Gasteiger partial charge is 0.466 e. The molecule has 0 bridgehead atoms. The second-order valence-electron chi connectivity index (χ2n) is 3.21. The fourth-order valence-corrected chi connectivity index (χ4v) is 1.48. The van der Waals surface area contributed by atoms with Crippen molar-refractivity contribution in [3.63, 3.8) is 0 Å². The number of likely N-dealkylation sites (tertiary alicyclic amines) is 1. The molecule has 1 aliphatic heterocycles. The second-order valence-corrected chi connectivity index (χ2v) is 3.21. The number of carbonyl (C=O) groups is 2. The van der Waals surface area contributed by atoms with Crippen molar-refractivity contribution in [2.24, 2.45) is 11.7 Å². The topological polar surface area (TPSA) is 92.9 Å². The molecule has 3 N–H and O–H groups in total. The lowest BCUT2D eigenvalue weighted by Gasteiger charge is -2.11. The lowest BCUT2D eigenvalue weighted by molar-refractivity contribution is -0.147. The molecule has 0 aromatic carbocycles. The van der Waals surface area contributed by atoms with Crippen LogP contribution in [0.1, 0.15) is 6.92 Å². The predicted molar refractivity (Wildman–Crippen MR) is 54.9 cm³/mol. The van der Waals surface area contributed by atoms with Crippen LogP contribution in [-0.2, 0) is 9.53 Å². The fraction of sp³-hybridized carbons (Fsp3) is 0.750. The predicted octanol–water partition coefficient (Wildman–Crippen LogP) is -0.0916. The Morgan fingerprint density at radius 1 is 1.53 bits per heavy atom. The molecule has 0 aromatic rings. The molecule has 0 spiro atoms. The van der Waals surface area contributed by atoms with Gasteiger partial charge in [0.2, 0.25) is 0 Å². The molecule has 1 saturated heterocycles. The summed E-state index contributed by atoms with van der Waals surface area (Å²) in [5.41, 5.74) is 5.63. The number of nitrogens with two attached hydrogens (primary N) is 1. The van der Waals surface area contributed by atoms with Gasteiger partial charge in [-0.15, -0.1) is 12.4 Å². The summed E-state index contributed by atoms with van der Waals surface area (Å²) in [5, 5.41) is 8.68. The van der Waals surface area contributed by atoms with E-state index in [9.17, 15) is 9.59 Å². The Bertz CT molecular complexity index is 249. The van der Waals surface area contributed by atoms with Crippen LogP contribution in [0.2, 0.25) is 0 Å². The van der Waals surface area contributed by atoms with E-state index in [4.69, 9.17) is 15.6 Å². The first kappa shape index (κ1) is 14.0. The molecule has 2 unspecified atom stereocenters. The molecule has 1 aliphatic rings. The average Bonchev–Trinajstić information content (AvgIpc) is 2.48. The number of rotatable bonds is 2. The number of carbonyl (C=O) groups excluding carboxylic acids is 1. The highest BCUT2D eigenvalue weighted by molar-refractivity contribution is 5.85. The maximum atomic E-state index is 11.3. The number of amides is 1. The molecule has 7 heteroatoms. The first-order valence-corrected chi connectivity index (χ1v) is 4.46. The zero-order valence-electron chi connectivity index (χ0n) is 8.38. The summed E-state index contributed by atoms with van der Waals surface area (Å²) < 4.78 is 4.79. The van der Waals surface area contributed by atoms with Crippen LogP contribution in [0.4, 0.5) is 4.79 Å². The van der Waals surface area contributed by atoms with Crippen molar-refractivity contribution in [2.75, 3.05) is 19.7 Å². The molecule has 0 saturated carbocycles. The van der Waals surface area contributed by atoms with E-state index in [2.05, 4.69) is 0 Å². The smallest absolute Gasteiger partial charge is 0.407 e. The zero-order valence-corrected chi connectivity index (χ0v) is 9.20. The van der Waals surface area contributed by atoms with Gasteiger partial charge < -0.3 is 20.5 Å². The molecule has 0 aromatic heterocycles. The molecule has 0 aliphatic carbocycles. The number of esters is 1. The molecule has 2 atom stereocenters. The van der Waals surface area contributed by atoms with Gasteiger partial charge in [-0.25, -0.2) is 4.79 Å². The Balaban J connectivity index is 0.00000196. The molecule has 15 heavy (non-hydrogen) atoms. The minimum Gasteiger partial charge on any atom is -0.466 e. The van der Waals surface area contributed by atoms with E-state index in [0.29, 0.717) is 0 Å². The SMILES string of the molecule is CCOC(=O)C1CN(C(=O)O)CC1N.Cl. The minimum absolute atomic E-state index is 0. The summed E-state index contributed by atoms with van der Waals surface area (Å²) >= 11 is 0. The van der Waals surface area contributed by atoms with Gasteiger partial charge in [0.15, 0.2) is 0 Å². The van der Waals surface area contributed by atoms with Crippen LogP contribution in [0.15, 0.2) is 0 Å². The summed E-state index contributed by atoms with van der Waals surface area (Å²) in [4.78, 5) is 23.0. The summed E-state index contributed by atoms with van der Waals surface area (Å²) in [6.45, 7) is 2.32. The van der Waals surface area contributed by atoms with Crippen molar-refractivity contribution in [1.82, 2.24) is 4.90 Å². The Morgan fingerprint density at radius 2 is 2.13 bits per heavy atom. The van der Waals surface area contributed by atoms with Crippen LogP contribution in [0.5, 0.6) is 0 Å². The van der Waals surface area contributed by atoms with Gasteiger partial charge in [-0.05, 0) is 6.92 Å². The lowest BCUT2D eigenvalue weighted by Crippen LogP contribution is -2.35. The Morgan fingerprint density at radius 3 is 2.53 bits per heavy atom. The highest BCUT2D eigenvalue weighted by Crippen LogP contribution is 2.16. The third-order valence-electron chi connectivity index (χ3n) is 2.22. The van der Waals surface area contributed by atoms with Gasteiger partial charge in [-0.1, -0.05) is 0 Å². The fourth-order valence-electron chi connectivity index (χ4n) is 1.48. The number of ether oxygens (including phenoxy) is 1. The second kappa shape index (κ2) is 5.77. The third-order valence-corrected chi connectivity index (χ3v) is 2.22. The van der Waals surface area contributed by atoms with Gasteiger partial charge in [0.05, 0.1) is 12.5 Å². The number of hydrogen-bond donors (Lipinski definition) is 2. The first-order chi connectivity index (χ1) is 6.56. The maximum absolute atomic E-state index is 11.3. The van der Waals surface area contributed by atoms with Gasteiger partial charge in [0.1, 0.15) is 0 Å². The quantitative estimate of drug-likeness (QED) is 0.656. The van der Waals surface area contributed by atoms with Gasteiger partial charge in [0, 0.05) is 19.1 Å². The van der Waals surface area contributed by atoms with Gasteiger partial charge in [0.25, 0.3) is 0 Å². The van der Waals surface area contributed by atoms with E-state index in [1.165, 1.54) is 0 Å². The molecule has 1 rings (SSSR count). The van der Waals surface area contributed by atoms with E-state index < -0.39 is 24.0 Å². The molecular formula is C8H15ClN2O4. The van der Waals surface area contributed by atoms with Crippen molar-refractivity contribution in [1.29, 1.82) is 0 Å². The zero-order chi connectivity index (χ0) is 10.7. The number of hydrogen-bond acceptors (Lipinski definition) is 4. The molecular weight excluding hydrogens is 224 g/mol. The standard InChI is InChI=1S/C8H14N2O4.ClH/c1-2-14-7(11)5-3-10(8(12)13)4-6(5)9;/h5-6H,2-4,9H2,1H3,(H,12,13);1H. The molecule has 1 heterocycles. The van der Waals surface area contributed by atoms with Crippen LogP contribution in [0.25, 0.3) is 0 Å². The summed E-state index contributed by atoms with van der Waals surface area (Å²) in [6, 6.07) is -0.454. The highest BCUT2D eigenvalue weighted by Gasteiger charge is 2.38. The normalized spacial score (nSPS) is 24.5. The summed E-state index contributed by atoms with van der Waals surface area (Å²) in [5.74, 6) is -0.935. The number of carboxylic acid groups (broad SMARTS) is 1. The highest BCUT2D eigenvalue weighted by atomic mass is 35.5. The van der Waals surface area contributed by atoms with Crippen molar-refractivity contribution in [3.05, 3.63) is 0 Å². The molecule has 1 amide bonds. The van der Waals surface area contributed by atoms with E-state index in [1.807, 2.05) is 0 Å². The van der Waals surface area contributed by atoms with E-state index in [1.54, 1.807) is 6.92 Å². The van der Waals surface area contributed by atoms with Crippen molar-refractivity contribution in [3.8, 4) is 0 Å². The molecule has 1 fully saturated rings. The van der Waals surface area contributed by atoms with Crippen molar-refractivity contribution in [2.45, 2.75) is 13.0 Å². The van der Waals surface area contributed by atoms with Crippen molar-refractivity contribution < 1.29 is 19.4 Å². The van der Waals surface area contributed by atoms with Gasteiger partial charge in [-0.2, -0.15) is 0 Å². The minimum atomic E-state index is -1.05. The summed E-state index contributed by atoms with van der Waals surface area (Å²) in [6.07, 6.45) is -1.05. The van der Waals surface area contributed by atoms with Crippen LogP contribution in [-0.4, -0.2) is 47.8 Å². The number of halogens is 1. The Kier molecular flexibility index (Phi) is 5.38. The van der Waals surface area contributed by atoms with Crippen LogP contribution in [0, 0.1) is 5.92 Å². The molecule has 6 nitrogen and oxygen atoms in total. The van der Waals surface area contributed by atoms with Crippen molar-refractivity contribution >= 4 is 24.5 Å². The monoisotopic (exact) mass is 238 g/mol. The van der Waals surface area contributed by atoms with Gasteiger partial charge in [-0.3, -0.25) is 4.79 Å². The number of nitrogens with zero attached hydrogens (tertiary/aromatic N) is 1. The molecule has 0 radical (unpaired) electrons. The molecule has 88 valence electrons. The first-order valence-electron chi connectivity index (χ1n) is 4.46. The van der Waals surface area contributed by atoms with Crippen LogP contribution < -0.4 is 5.73 Å². The van der Waals surface area contributed by atoms with E-state index in [0.717, 1.165) is 4.90 Å². The van der Waals surface area contributed by atoms with Crippen LogP contribution in [0.3, 0.4) is 0 Å². The van der Waals surface area contributed by atoms with E-state index in [-0.39, 0.29) is 32.1 Å².